The smallest absolute Gasteiger partial charge is 0.288 e. The maximum atomic E-state index is 14.0. The number of H-pyrrole nitrogens is 1. The van der Waals surface area contributed by atoms with Crippen molar-refractivity contribution in [3.05, 3.63) is 83.6 Å². The highest BCUT2D eigenvalue weighted by atomic mass is 19.1. The number of hydrogen-bond donors (Lipinski definition) is 3. The lowest BCUT2D eigenvalue weighted by Gasteiger charge is -2.30. The van der Waals surface area contributed by atoms with E-state index in [4.69, 9.17) is 10.5 Å². The third-order valence-corrected chi connectivity index (χ3v) is 6.63. The molecule has 4 aromatic rings. The third-order valence-electron chi connectivity index (χ3n) is 6.63. The van der Waals surface area contributed by atoms with E-state index in [0.717, 1.165) is 36.8 Å². The number of nitrogens with zero attached hydrogens (tertiary/aromatic N) is 2. The molecule has 9 heteroatoms. The highest BCUT2D eigenvalue weighted by Gasteiger charge is 2.27. The van der Waals surface area contributed by atoms with Gasteiger partial charge in [0, 0.05) is 23.8 Å². The molecule has 2 aromatic heterocycles. The minimum absolute atomic E-state index is 0.0738. The fourth-order valence-electron chi connectivity index (χ4n) is 4.86. The molecule has 0 saturated heterocycles. The number of amides is 1. The second-order valence-electron chi connectivity index (χ2n) is 8.89. The fraction of sp³-hybridized carbons (Fsp3) is 0.222. The first-order chi connectivity index (χ1) is 17.4. The van der Waals surface area contributed by atoms with Crippen molar-refractivity contribution in [2.45, 2.75) is 37.8 Å². The molecule has 1 amide bonds. The third kappa shape index (κ3) is 4.47. The van der Waals surface area contributed by atoms with E-state index in [1.807, 2.05) is 22.9 Å². The first kappa shape index (κ1) is 23.3. The zero-order chi connectivity index (χ0) is 25.2. The second-order valence-corrected chi connectivity index (χ2v) is 8.89. The van der Waals surface area contributed by atoms with Gasteiger partial charge in [-0.15, -0.1) is 0 Å². The number of ether oxygens (including phenoxy) is 1. The molecule has 5 rings (SSSR count). The Morgan fingerprint density at radius 1 is 1.17 bits per heavy atom. The number of aromatic nitrogens is 3. The average Bonchev–Trinajstić information content (AvgIpc) is 3.30. The Bertz CT molecular complexity index is 1480. The number of halogens is 1. The van der Waals surface area contributed by atoms with Crippen LogP contribution in [0.15, 0.2) is 72.2 Å². The van der Waals surface area contributed by atoms with E-state index >= 15 is 0 Å². The van der Waals surface area contributed by atoms with Crippen LogP contribution in [0, 0.1) is 5.82 Å². The van der Waals surface area contributed by atoms with Crippen molar-refractivity contribution in [2.75, 3.05) is 5.73 Å². The van der Waals surface area contributed by atoms with Crippen LogP contribution in [0.2, 0.25) is 0 Å². The number of para-hydroxylation sites is 1. The Hall–Kier alpha value is -4.40. The molecule has 1 aliphatic carbocycles. The van der Waals surface area contributed by atoms with Crippen LogP contribution in [0.25, 0.3) is 22.0 Å². The monoisotopic (exact) mass is 487 g/mol. The molecule has 0 atom stereocenters. The Morgan fingerprint density at radius 2 is 1.89 bits per heavy atom. The van der Waals surface area contributed by atoms with Gasteiger partial charge in [0.1, 0.15) is 11.3 Å². The van der Waals surface area contributed by atoms with Crippen LogP contribution < -0.4 is 21.3 Å². The zero-order valence-electron chi connectivity index (χ0n) is 19.5. The molecule has 0 aliphatic heterocycles. The quantitative estimate of drug-likeness (QED) is 0.341. The average molecular weight is 488 g/mol. The number of nitrogens with one attached hydrogen (secondary N) is 2. The van der Waals surface area contributed by atoms with Crippen LogP contribution in [-0.2, 0) is 4.79 Å². The number of hydrogen-bond acceptors (Lipinski definition) is 5. The number of carbonyl (C=O) groups is 1. The SMILES string of the molecule is C=CC(=O)NC1CCC(n2cc(-c3ccc(Oc4ccccc4F)cc3)c3c(N)n[nH]c(=O)c32)CC1. The minimum Gasteiger partial charge on any atom is -0.454 e. The van der Waals surface area contributed by atoms with Crippen LogP contribution >= 0.6 is 0 Å². The summed E-state index contributed by atoms with van der Waals surface area (Å²) in [7, 11) is 0. The summed E-state index contributed by atoms with van der Waals surface area (Å²) < 4.78 is 21.6. The van der Waals surface area contributed by atoms with Crippen molar-refractivity contribution in [1.29, 1.82) is 0 Å². The molecule has 2 aromatic carbocycles. The van der Waals surface area contributed by atoms with Gasteiger partial charge < -0.3 is 20.4 Å². The Balaban J connectivity index is 1.46. The van der Waals surface area contributed by atoms with Crippen LogP contribution in [0.1, 0.15) is 31.7 Å². The van der Waals surface area contributed by atoms with Crippen molar-refractivity contribution in [3.8, 4) is 22.6 Å². The first-order valence-electron chi connectivity index (χ1n) is 11.8. The molecule has 1 fully saturated rings. The van der Waals surface area contributed by atoms with Gasteiger partial charge in [0.2, 0.25) is 5.91 Å². The van der Waals surface area contributed by atoms with Gasteiger partial charge in [0.25, 0.3) is 5.56 Å². The fourth-order valence-corrected chi connectivity index (χ4v) is 4.86. The van der Waals surface area contributed by atoms with Crippen LogP contribution in [0.3, 0.4) is 0 Å². The van der Waals surface area contributed by atoms with E-state index in [2.05, 4.69) is 22.1 Å². The van der Waals surface area contributed by atoms with Gasteiger partial charge in [0.15, 0.2) is 17.4 Å². The van der Waals surface area contributed by atoms with Gasteiger partial charge in [-0.25, -0.2) is 9.49 Å². The summed E-state index contributed by atoms with van der Waals surface area (Å²) in [6.45, 7) is 3.51. The van der Waals surface area contributed by atoms with Gasteiger partial charge in [-0.05, 0) is 61.6 Å². The highest BCUT2D eigenvalue weighted by molar-refractivity contribution is 6.02. The topological polar surface area (TPSA) is 115 Å². The number of rotatable bonds is 6. The lowest BCUT2D eigenvalue weighted by Crippen LogP contribution is -2.37. The van der Waals surface area contributed by atoms with Crippen molar-refractivity contribution in [2.24, 2.45) is 0 Å². The summed E-state index contributed by atoms with van der Waals surface area (Å²) in [6, 6.07) is 13.5. The number of fused-ring (bicyclic) bond motifs is 1. The lowest BCUT2D eigenvalue weighted by atomic mass is 9.91. The van der Waals surface area contributed by atoms with E-state index in [9.17, 15) is 14.0 Å². The van der Waals surface area contributed by atoms with E-state index in [1.165, 1.54) is 12.1 Å². The molecule has 2 heterocycles. The van der Waals surface area contributed by atoms with Gasteiger partial charge in [0.05, 0.1) is 5.39 Å². The largest absolute Gasteiger partial charge is 0.454 e. The number of aromatic amines is 1. The number of nitrogens with two attached hydrogens (primary N) is 1. The lowest BCUT2D eigenvalue weighted by molar-refractivity contribution is -0.117. The molecule has 0 radical (unpaired) electrons. The van der Waals surface area contributed by atoms with Gasteiger partial charge in [-0.2, -0.15) is 5.10 Å². The minimum atomic E-state index is -0.443. The second kappa shape index (κ2) is 9.69. The molecule has 184 valence electrons. The number of anilines is 1. The van der Waals surface area contributed by atoms with E-state index in [0.29, 0.717) is 16.7 Å². The summed E-state index contributed by atoms with van der Waals surface area (Å²) in [6.07, 6.45) is 6.39. The Labute approximate surface area is 206 Å². The van der Waals surface area contributed by atoms with Crippen LogP contribution in [0.5, 0.6) is 11.5 Å². The Morgan fingerprint density at radius 3 is 2.58 bits per heavy atom. The van der Waals surface area contributed by atoms with Crippen LogP contribution in [0.4, 0.5) is 10.2 Å². The molecular weight excluding hydrogens is 461 g/mol. The maximum absolute atomic E-state index is 14.0. The molecule has 0 unspecified atom stereocenters. The predicted molar refractivity (Wildman–Crippen MR) is 136 cm³/mol. The van der Waals surface area contributed by atoms with Crippen molar-refractivity contribution in [3.63, 3.8) is 0 Å². The number of benzene rings is 2. The molecule has 1 saturated carbocycles. The molecule has 4 N–H and O–H groups in total. The predicted octanol–water partition coefficient (Wildman–Crippen LogP) is 4.69. The normalized spacial score (nSPS) is 17.6. The number of nitrogen functional groups attached to an aromatic ring is 1. The highest BCUT2D eigenvalue weighted by Crippen LogP contribution is 2.38. The summed E-state index contributed by atoms with van der Waals surface area (Å²) >= 11 is 0. The number of carbonyl (C=O) groups excluding carboxylic acids is 1. The van der Waals surface area contributed by atoms with Gasteiger partial charge >= 0.3 is 0 Å². The zero-order valence-corrected chi connectivity index (χ0v) is 19.5. The maximum Gasteiger partial charge on any atom is 0.288 e. The summed E-state index contributed by atoms with van der Waals surface area (Å²) in [5, 5.41) is 10.0. The van der Waals surface area contributed by atoms with Crippen molar-refractivity contribution in [1.82, 2.24) is 20.1 Å². The van der Waals surface area contributed by atoms with E-state index < -0.39 is 5.82 Å². The molecule has 0 spiro atoms. The van der Waals surface area contributed by atoms with Crippen molar-refractivity contribution < 1.29 is 13.9 Å². The Kier molecular flexibility index (Phi) is 6.28. The molecular formula is C27H26FN5O3. The molecule has 36 heavy (non-hydrogen) atoms. The molecule has 0 bridgehead atoms. The van der Waals surface area contributed by atoms with Gasteiger partial charge in [-0.3, -0.25) is 9.59 Å². The standard InChI is InChI=1S/C27H26FN5O3/c1-2-23(34)30-17-9-11-18(12-10-17)33-15-20(24-25(33)27(35)32-31-26(24)29)16-7-13-19(14-8-16)36-22-6-4-3-5-21(22)28/h2-8,13-15,17-18H,1,9-12H2,(H2,29,31)(H,30,34)(H,32,35). The first-order valence-corrected chi connectivity index (χ1v) is 11.8. The van der Waals surface area contributed by atoms with E-state index in [-0.39, 0.29) is 35.1 Å². The van der Waals surface area contributed by atoms with Gasteiger partial charge in [-0.1, -0.05) is 30.8 Å². The summed E-state index contributed by atoms with van der Waals surface area (Å²) in [4.78, 5) is 24.5. The summed E-state index contributed by atoms with van der Waals surface area (Å²) in [5.74, 6) is 0.237. The summed E-state index contributed by atoms with van der Waals surface area (Å²) in [5.41, 5.74) is 7.99. The molecule has 1 aliphatic rings. The molecule has 8 nitrogen and oxygen atoms in total. The van der Waals surface area contributed by atoms with Crippen molar-refractivity contribution >= 4 is 22.6 Å². The van der Waals surface area contributed by atoms with E-state index in [1.54, 1.807) is 30.3 Å². The van der Waals surface area contributed by atoms with Crippen LogP contribution in [-0.4, -0.2) is 26.7 Å².